The molecule has 5 fully saturated rings. The highest BCUT2D eigenvalue weighted by Crippen LogP contribution is 2.76. The van der Waals surface area contributed by atoms with Crippen molar-refractivity contribution < 1.29 is 38.4 Å². The van der Waals surface area contributed by atoms with Gasteiger partial charge in [-0.05, 0) is 84.6 Å². The zero-order valence-electron chi connectivity index (χ0n) is 28.0. The molecule has 1 aromatic rings. The van der Waals surface area contributed by atoms with Gasteiger partial charge in [-0.1, -0.05) is 31.6 Å². The maximum absolute atomic E-state index is 15.0. The molecule has 9 aliphatic rings. The third-order valence-electron chi connectivity index (χ3n) is 13.1. The summed E-state index contributed by atoms with van der Waals surface area (Å²) in [4.78, 5) is 40.5. The van der Waals surface area contributed by atoms with Crippen molar-refractivity contribution in [2.45, 2.75) is 116 Å². The van der Waals surface area contributed by atoms with Crippen LogP contribution in [0.5, 0.6) is 17.2 Å². The maximum Gasteiger partial charge on any atom is 0.298 e. The van der Waals surface area contributed by atoms with Crippen LogP contribution in [0.15, 0.2) is 35.1 Å². The van der Waals surface area contributed by atoms with Gasteiger partial charge in [0.25, 0.3) is 6.47 Å². The molecule has 1 aromatic carbocycles. The minimum atomic E-state index is -1.52. The van der Waals surface area contributed by atoms with Gasteiger partial charge in [0.1, 0.15) is 34.2 Å². The molecule has 0 amide bonds. The Bertz CT molecular complexity index is 1740. The predicted molar refractivity (Wildman–Crippen MR) is 169 cm³/mol. The molecular formula is C38H44O8. The van der Waals surface area contributed by atoms with E-state index in [2.05, 4.69) is 26.8 Å². The van der Waals surface area contributed by atoms with Crippen LogP contribution in [0.3, 0.4) is 0 Å². The first-order valence-corrected chi connectivity index (χ1v) is 16.8. The van der Waals surface area contributed by atoms with Crippen molar-refractivity contribution in [3.05, 3.63) is 51.8 Å². The lowest BCUT2D eigenvalue weighted by molar-refractivity contribution is -0.214. The van der Waals surface area contributed by atoms with E-state index in [-0.39, 0.29) is 52.5 Å². The average molecular weight is 629 g/mol. The van der Waals surface area contributed by atoms with E-state index in [1.807, 2.05) is 27.7 Å². The molecule has 8 bridgehead atoms. The molecule has 8 heteroatoms. The van der Waals surface area contributed by atoms with Gasteiger partial charge >= 0.3 is 0 Å². The standard InChI is InChI=1S/C38H44O8/c1-18(2)9-10-21-30-26(25-22-12-13-36(8,44-30)32(25)34(22,4)5)29(41)27-28(40)23-15-20-16-24-35(6,7)46-37(33(20)42,14-11-19(3)43-17-39)38(23,24)45-31(21)27/h9,11,15,17,20,22,24-25,32,41H,10,12-14,16H2,1-8H3/b19-11-/t20?,22?,24?,25?,32?,36-,37-,38+/m0/s1. The monoisotopic (exact) mass is 628 g/mol. The van der Waals surface area contributed by atoms with E-state index in [0.717, 1.165) is 29.5 Å². The van der Waals surface area contributed by atoms with Gasteiger partial charge in [0.2, 0.25) is 0 Å². The molecule has 4 saturated carbocycles. The minimum absolute atomic E-state index is 0.0457. The Morgan fingerprint density at radius 3 is 2.48 bits per heavy atom. The van der Waals surface area contributed by atoms with Crippen LogP contribution < -0.4 is 9.47 Å². The highest BCUT2D eigenvalue weighted by molar-refractivity contribution is 6.18. The van der Waals surface area contributed by atoms with Crippen LogP contribution in [0.2, 0.25) is 0 Å². The van der Waals surface area contributed by atoms with Crippen molar-refractivity contribution in [1.29, 1.82) is 0 Å². The minimum Gasteiger partial charge on any atom is -0.507 e. The van der Waals surface area contributed by atoms with Crippen LogP contribution in [-0.2, 0) is 25.5 Å². The number of ether oxygens (including phenoxy) is 4. The quantitative estimate of drug-likeness (QED) is 0.211. The van der Waals surface area contributed by atoms with E-state index in [0.29, 0.717) is 48.1 Å². The number of benzene rings is 1. The number of ketones is 2. The van der Waals surface area contributed by atoms with E-state index in [9.17, 15) is 19.5 Å². The molecule has 1 saturated heterocycles. The van der Waals surface area contributed by atoms with E-state index in [4.69, 9.17) is 18.9 Å². The SMILES string of the molecule is CC(C)=CCc1c2c(c(O)c3c1O[C@@]1(C)CCC4C3C1C4(C)C)C(=O)C1=CC3CC4C(C)(C)O[C@@](C/C=C(/C)OC=O)(C3=O)[C@@]14O2. The van der Waals surface area contributed by atoms with Crippen molar-refractivity contribution >= 4 is 18.0 Å². The maximum atomic E-state index is 15.0. The molecule has 3 aliphatic heterocycles. The number of hydrogen-bond donors (Lipinski definition) is 1. The molecule has 10 rings (SSSR count). The third-order valence-corrected chi connectivity index (χ3v) is 13.1. The fourth-order valence-electron chi connectivity index (χ4n) is 11.3. The first kappa shape index (κ1) is 30.0. The Labute approximate surface area is 270 Å². The van der Waals surface area contributed by atoms with Gasteiger partial charge in [0, 0.05) is 46.8 Å². The summed E-state index contributed by atoms with van der Waals surface area (Å²) in [7, 11) is 0. The van der Waals surface area contributed by atoms with Gasteiger partial charge in [0.15, 0.2) is 22.8 Å². The molecule has 8 nitrogen and oxygen atoms in total. The van der Waals surface area contributed by atoms with Crippen LogP contribution in [0.4, 0.5) is 0 Å². The number of allylic oxidation sites excluding steroid dienone is 4. The van der Waals surface area contributed by atoms with Crippen molar-refractivity contribution in [3.63, 3.8) is 0 Å². The normalized spacial score (nSPS) is 39.5. The summed E-state index contributed by atoms with van der Waals surface area (Å²) in [6, 6.07) is 0. The zero-order valence-corrected chi connectivity index (χ0v) is 28.0. The largest absolute Gasteiger partial charge is 0.507 e. The molecule has 1 N–H and O–H groups in total. The van der Waals surface area contributed by atoms with Gasteiger partial charge in [-0.3, -0.25) is 14.4 Å². The van der Waals surface area contributed by atoms with Gasteiger partial charge < -0.3 is 24.1 Å². The Balaban J connectivity index is 1.39. The molecule has 1 spiro atoms. The number of carbonyl (C=O) groups is 3. The van der Waals surface area contributed by atoms with Crippen LogP contribution >= 0.6 is 0 Å². The smallest absolute Gasteiger partial charge is 0.298 e. The van der Waals surface area contributed by atoms with Crippen LogP contribution in [0.1, 0.15) is 108 Å². The average Bonchev–Trinajstić information content (AvgIpc) is 3.12. The molecule has 8 atom stereocenters. The Morgan fingerprint density at radius 1 is 1.07 bits per heavy atom. The highest BCUT2D eigenvalue weighted by Gasteiger charge is 2.81. The Kier molecular flexibility index (Phi) is 5.83. The van der Waals surface area contributed by atoms with Gasteiger partial charge in [0.05, 0.1) is 5.60 Å². The lowest BCUT2D eigenvalue weighted by Gasteiger charge is -2.70. The summed E-state index contributed by atoms with van der Waals surface area (Å²) >= 11 is 0. The fourth-order valence-corrected chi connectivity index (χ4v) is 11.3. The summed E-state index contributed by atoms with van der Waals surface area (Å²) in [5.41, 5.74) is -0.973. The van der Waals surface area contributed by atoms with Crippen LogP contribution in [0.25, 0.3) is 0 Å². The number of hydrogen-bond acceptors (Lipinski definition) is 8. The number of phenols is 1. The van der Waals surface area contributed by atoms with E-state index >= 15 is 0 Å². The van der Waals surface area contributed by atoms with Crippen LogP contribution in [0, 0.1) is 29.1 Å². The molecule has 3 heterocycles. The summed E-state index contributed by atoms with van der Waals surface area (Å²) in [6.45, 7) is 16.8. The molecule has 0 aromatic heterocycles. The number of rotatable bonds is 6. The van der Waals surface area contributed by atoms with Crippen molar-refractivity contribution in [2.24, 2.45) is 29.1 Å². The topological polar surface area (TPSA) is 108 Å². The number of fused-ring (bicyclic) bond motifs is 3. The van der Waals surface area contributed by atoms with E-state index in [1.165, 1.54) is 0 Å². The third kappa shape index (κ3) is 3.27. The molecule has 6 aliphatic carbocycles. The highest BCUT2D eigenvalue weighted by atomic mass is 16.6. The van der Waals surface area contributed by atoms with Gasteiger partial charge in [-0.25, -0.2) is 0 Å². The lowest BCUT2D eigenvalue weighted by atomic mass is 9.37. The second-order valence-electron chi connectivity index (χ2n) is 16.4. The number of aromatic hydroxyl groups is 1. The zero-order chi connectivity index (χ0) is 32.9. The molecular weight excluding hydrogens is 584 g/mol. The summed E-state index contributed by atoms with van der Waals surface area (Å²) in [5.74, 6) is 0.590. The molecule has 244 valence electrons. The Morgan fingerprint density at radius 2 is 1.80 bits per heavy atom. The lowest BCUT2D eigenvalue weighted by Crippen LogP contribution is -2.72. The second kappa shape index (κ2) is 8.94. The van der Waals surface area contributed by atoms with Gasteiger partial charge in [-0.15, -0.1) is 0 Å². The number of phenolic OH excluding ortho intramolecular Hbond substituents is 1. The predicted octanol–water partition coefficient (Wildman–Crippen LogP) is 6.68. The fraction of sp³-hybridized carbons (Fsp3) is 0.605. The van der Waals surface area contributed by atoms with E-state index in [1.54, 1.807) is 19.1 Å². The Hall–Kier alpha value is -3.39. The second-order valence-corrected chi connectivity index (χ2v) is 16.4. The van der Waals surface area contributed by atoms with Crippen molar-refractivity contribution in [2.75, 3.05) is 0 Å². The summed E-state index contributed by atoms with van der Waals surface area (Å²) in [6.07, 6.45) is 8.48. The van der Waals surface area contributed by atoms with Crippen molar-refractivity contribution in [3.8, 4) is 17.2 Å². The van der Waals surface area contributed by atoms with Crippen molar-refractivity contribution in [1.82, 2.24) is 0 Å². The first-order chi connectivity index (χ1) is 21.6. The van der Waals surface area contributed by atoms with E-state index < -0.39 is 28.3 Å². The van der Waals surface area contributed by atoms with Gasteiger partial charge in [-0.2, -0.15) is 0 Å². The first-order valence-electron chi connectivity index (χ1n) is 16.8. The molecule has 46 heavy (non-hydrogen) atoms. The summed E-state index contributed by atoms with van der Waals surface area (Å²) < 4.78 is 26.2. The summed E-state index contributed by atoms with van der Waals surface area (Å²) in [5, 5.41) is 12.2. The molecule has 5 unspecified atom stereocenters. The number of carbonyl (C=O) groups excluding carboxylic acids is 3. The van der Waals surface area contributed by atoms with Crippen LogP contribution in [-0.4, -0.2) is 45.5 Å². The molecule has 0 radical (unpaired) electrons. The number of Topliss-reactive ketones (excluding diaryl/α,β-unsaturated/α-hetero) is 2.